The average molecular weight is 528 g/mol. The van der Waals surface area contributed by atoms with Gasteiger partial charge in [-0.3, -0.25) is 9.36 Å². The third kappa shape index (κ3) is 7.41. The maximum atomic E-state index is 13.9. The number of rotatable bonds is 9. The normalized spacial score (nSPS) is 25.9. The summed E-state index contributed by atoms with van der Waals surface area (Å²) in [5, 5.41) is 20.2. The van der Waals surface area contributed by atoms with E-state index in [0.717, 1.165) is 30.6 Å². The second-order valence-electron chi connectivity index (χ2n) is 11.5. The Morgan fingerprint density at radius 2 is 1.71 bits per heavy atom. The SMILES string of the molecule is CC(C)(CCOP(C)(C)=O)c1cc(N(C(=O)[C@H]2CC[C@H](C)CC2)[C@H]2CC[C@H](O)CC2)c(C(=O)O)s1. The van der Waals surface area contributed by atoms with E-state index >= 15 is 0 Å². The Labute approximate surface area is 213 Å². The first-order valence-electron chi connectivity index (χ1n) is 12.9. The molecule has 0 spiro atoms. The van der Waals surface area contributed by atoms with Gasteiger partial charge in [0.05, 0.1) is 18.4 Å². The maximum Gasteiger partial charge on any atom is 0.348 e. The van der Waals surface area contributed by atoms with Crippen molar-refractivity contribution in [1.29, 1.82) is 0 Å². The molecule has 0 bridgehead atoms. The molecule has 2 aliphatic rings. The third-order valence-electron chi connectivity index (χ3n) is 7.60. The largest absolute Gasteiger partial charge is 0.477 e. The minimum atomic E-state index is -2.60. The zero-order valence-electron chi connectivity index (χ0n) is 21.8. The summed E-state index contributed by atoms with van der Waals surface area (Å²) in [6.07, 6.45) is 6.49. The Balaban J connectivity index is 1.95. The summed E-state index contributed by atoms with van der Waals surface area (Å²) in [4.78, 5) is 29.1. The number of carbonyl (C=O) groups excluding carboxylic acids is 1. The van der Waals surface area contributed by atoms with Gasteiger partial charge in [-0.15, -0.1) is 11.3 Å². The van der Waals surface area contributed by atoms with Crippen LogP contribution in [-0.4, -0.2) is 54.2 Å². The van der Waals surface area contributed by atoms with Crippen molar-refractivity contribution < 1.29 is 28.9 Å². The highest BCUT2D eigenvalue weighted by Gasteiger charge is 2.38. The van der Waals surface area contributed by atoms with Gasteiger partial charge in [-0.25, -0.2) is 4.79 Å². The maximum absolute atomic E-state index is 13.9. The van der Waals surface area contributed by atoms with Crippen molar-refractivity contribution >= 4 is 36.3 Å². The highest BCUT2D eigenvalue weighted by atomic mass is 32.1. The molecule has 2 N–H and O–H groups in total. The van der Waals surface area contributed by atoms with Crippen molar-refractivity contribution in [3.8, 4) is 0 Å². The fraction of sp³-hybridized carbons (Fsp3) is 0.769. The molecule has 2 aliphatic carbocycles. The zero-order chi connectivity index (χ0) is 26.0. The molecular formula is C26H42NO6PS. The quantitative estimate of drug-likeness (QED) is 0.374. The first-order chi connectivity index (χ1) is 16.3. The van der Waals surface area contributed by atoms with Crippen molar-refractivity contribution in [3.05, 3.63) is 15.8 Å². The van der Waals surface area contributed by atoms with Crippen LogP contribution in [-0.2, 0) is 19.3 Å². The molecule has 3 rings (SSSR count). The number of carboxylic acids is 1. The summed E-state index contributed by atoms with van der Waals surface area (Å²) in [6, 6.07) is 1.78. The fourth-order valence-electron chi connectivity index (χ4n) is 5.21. The Morgan fingerprint density at radius 3 is 2.26 bits per heavy atom. The molecule has 9 heteroatoms. The van der Waals surface area contributed by atoms with Crippen LogP contribution in [0.3, 0.4) is 0 Å². The van der Waals surface area contributed by atoms with E-state index in [0.29, 0.717) is 50.3 Å². The van der Waals surface area contributed by atoms with Crippen LogP contribution >= 0.6 is 18.7 Å². The summed E-state index contributed by atoms with van der Waals surface area (Å²) < 4.78 is 17.5. The van der Waals surface area contributed by atoms with Crippen LogP contribution < -0.4 is 4.90 Å². The van der Waals surface area contributed by atoms with Crippen LogP contribution in [0.25, 0.3) is 0 Å². The van der Waals surface area contributed by atoms with E-state index in [4.69, 9.17) is 4.52 Å². The molecule has 7 nitrogen and oxygen atoms in total. The van der Waals surface area contributed by atoms with Crippen molar-refractivity contribution in [2.45, 2.75) is 96.1 Å². The van der Waals surface area contributed by atoms with Gasteiger partial charge in [0.15, 0.2) is 7.37 Å². The molecule has 35 heavy (non-hydrogen) atoms. The van der Waals surface area contributed by atoms with Crippen LogP contribution in [0.2, 0.25) is 0 Å². The number of carboxylic acid groups (broad SMARTS) is 1. The van der Waals surface area contributed by atoms with Crippen molar-refractivity contribution in [1.82, 2.24) is 0 Å². The summed E-state index contributed by atoms with van der Waals surface area (Å²) in [6.45, 7) is 9.76. The average Bonchev–Trinajstić information content (AvgIpc) is 3.21. The van der Waals surface area contributed by atoms with Crippen LogP contribution in [0.4, 0.5) is 5.69 Å². The van der Waals surface area contributed by atoms with Crippen molar-refractivity contribution in [2.24, 2.45) is 11.8 Å². The minimum absolute atomic E-state index is 0.0317. The topological polar surface area (TPSA) is 104 Å². The lowest BCUT2D eigenvalue weighted by Gasteiger charge is -2.39. The van der Waals surface area contributed by atoms with E-state index in [2.05, 4.69) is 6.92 Å². The lowest BCUT2D eigenvalue weighted by Crippen LogP contribution is -2.47. The molecule has 2 saturated carbocycles. The zero-order valence-corrected chi connectivity index (χ0v) is 23.5. The molecule has 0 saturated heterocycles. The van der Waals surface area contributed by atoms with Gasteiger partial charge in [0.2, 0.25) is 5.91 Å². The number of aliphatic hydroxyl groups excluding tert-OH is 1. The van der Waals surface area contributed by atoms with Gasteiger partial charge in [0.25, 0.3) is 0 Å². The van der Waals surface area contributed by atoms with Gasteiger partial charge < -0.3 is 19.6 Å². The van der Waals surface area contributed by atoms with E-state index in [1.165, 1.54) is 11.3 Å². The molecule has 1 amide bonds. The third-order valence-corrected chi connectivity index (χ3v) is 9.88. The number of hydrogen-bond acceptors (Lipinski definition) is 6. The molecule has 198 valence electrons. The van der Waals surface area contributed by atoms with Gasteiger partial charge in [-0.05, 0) is 69.8 Å². The van der Waals surface area contributed by atoms with Gasteiger partial charge in [-0.1, -0.05) is 20.8 Å². The molecular weight excluding hydrogens is 485 g/mol. The number of amides is 1. The lowest BCUT2D eigenvalue weighted by atomic mass is 9.81. The predicted octanol–water partition coefficient (Wildman–Crippen LogP) is 6.13. The minimum Gasteiger partial charge on any atom is -0.477 e. The van der Waals surface area contributed by atoms with Gasteiger partial charge in [0, 0.05) is 35.6 Å². The molecule has 0 atom stereocenters. The molecule has 1 aromatic rings. The second kappa shape index (κ2) is 11.5. The summed E-state index contributed by atoms with van der Waals surface area (Å²) >= 11 is 1.22. The standard InChI is InChI=1S/C26H42NO6PS/c1-17-6-8-18(9-7-17)24(29)27(19-10-12-20(28)13-11-19)21-16-22(35-23(21)25(30)31)26(2,3)14-15-33-34(4,5)32/h16-20,28H,6-15H2,1-5H3,(H,30,31)/t17-,18-,19-,20-. The number of aliphatic hydroxyl groups is 1. The Morgan fingerprint density at radius 1 is 1.11 bits per heavy atom. The molecule has 2 fully saturated rings. The van der Waals surface area contributed by atoms with Crippen LogP contribution in [0.15, 0.2) is 6.07 Å². The number of thiophene rings is 1. The number of anilines is 1. The van der Waals surface area contributed by atoms with Gasteiger partial charge in [0.1, 0.15) is 4.88 Å². The highest BCUT2D eigenvalue weighted by Crippen LogP contribution is 2.44. The van der Waals surface area contributed by atoms with E-state index < -0.39 is 18.8 Å². The predicted molar refractivity (Wildman–Crippen MR) is 141 cm³/mol. The van der Waals surface area contributed by atoms with Gasteiger partial charge >= 0.3 is 5.97 Å². The van der Waals surface area contributed by atoms with Crippen LogP contribution in [0.1, 0.15) is 93.1 Å². The molecule has 0 radical (unpaired) electrons. The first-order valence-corrected chi connectivity index (χ1v) is 16.2. The highest BCUT2D eigenvalue weighted by molar-refractivity contribution is 7.57. The van der Waals surface area contributed by atoms with E-state index in [1.54, 1.807) is 18.2 Å². The van der Waals surface area contributed by atoms with E-state index in [1.807, 2.05) is 19.9 Å². The van der Waals surface area contributed by atoms with Crippen LogP contribution in [0.5, 0.6) is 0 Å². The Hall–Kier alpha value is -1.21. The number of hydrogen-bond donors (Lipinski definition) is 2. The second-order valence-corrected chi connectivity index (χ2v) is 15.3. The van der Waals surface area contributed by atoms with Crippen molar-refractivity contribution in [2.75, 3.05) is 24.8 Å². The smallest absolute Gasteiger partial charge is 0.348 e. The van der Waals surface area contributed by atoms with Crippen molar-refractivity contribution in [3.63, 3.8) is 0 Å². The summed E-state index contributed by atoms with van der Waals surface area (Å²) in [7, 11) is -2.60. The number of nitrogens with zero attached hydrogens (tertiary/aromatic N) is 1. The first kappa shape index (κ1) is 28.4. The Bertz CT molecular complexity index is 938. The molecule has 0 aliphatic heterocycles. The molecule has 0 aromatic carbocycles. The van der Waals surface area contributed by atoms with E-state index in [9.17, 15) is 24.4 Å². The monoisotopic (exact) mass is 527 g/mol. The summed E-state index contributed by atoms with van der Waals surface area (Å²) in [5.41, 5.74) is 0.0909. The lowest BCUT2D eigenvalue weighted by molar-refractivity contribution is -0.124. The molecule has 1 aromatic heterocycles. The van der Waals surface area contributed by atoms with E-state index in [-0.39, 0.29) is 28.8 Å². The fourth-order valence-corrected chi connectivity index (χ4v) is 6.86. The molecule has 0 unspecified atom stereocenters. The molecule has 1 heterocycles. The summed E-state index contributed by atoms with van der Waals surface area (Å²) in [5.74, 6) is -0.470. The number of carbonyl (C=O) groups is 2. The van der Waals surface area contributed by atoms with Gasteiger partial charge in [-0.2, -0.15) is 0 Å². The Kier molecular flexibility index (Phi) is 9.28. The van der Waals surface area contributed by atoms with Crippen LogP contribution in [0, 0.1) is 11.8 Å². The number of aromatic carboxylic acids is 1.